The zero-order chi connectivity index (χ0) is 24.7. The van der Waals surface area contributed by atoms with E-state index in [1.165, 1.54) is 11.1 Å². The summed E-state index contributed by atoms with van der Waals surface area (Å²) in [6, 6.07) is 14.6. The molecule has 0 aliphatic carbocycles. The number of halogens is 1. The van der Waals surface area contributed by atoms with Crippen LogP contribution < -0.4 is 4.74 Å². The van der Waals surface area contributed by atoms with Crippen LogP contribution in [0.5, 0.6) is 5.75 Å². The minimum absolute atomic E-state index is 0.0946. The highest BCUT2D eigenvalue weighted by atomic mass is 79.9. The molecule has 1 atom stereocenters. The first-order valence-electron chi connectivity index (χ1n) is 11.1. The van der Waals surface area contributed by atoms with E-state index in [0.29, 0.717) is 5.91 Å². The summed E-state index contributed by atoms with van der Waals surface area (Å²) in [7, 11) is 1.71. The molecule has 2 N–H and O–H groups in total. The molecule has 4 rings (SSSR count). The Morgan fingerprint density at radius 1 is 1.06 bits per heavy atom. The lowest BCUT2D eigenvalue weighted by molar-refractivity contribution is -0.159. The number of methoxy groups -OCH3 is 1. The molecule has 2 heterocycles. The highest BCUT2D eigenvalue weighted by Gasteiger charge is 2.31. The van der Waals surface area contributed by atoms with Crippen LogP contribution >= 0.6 is 15.9 Å². The second-order valence-corrected chi connectivity index (χ2v) is 9.33. The highest BCUT2D eigenvalue weighted by Crippen LogP contribution is 2.28. The number of piperidine rings is 1. The summed E-state index contributed by atoms with van der Waals surface area (Å²) in [5.74, 6) is -2.33. The third kappa shape index (κ3) is 6.80. The molecule has 2 aliphatic heterocycles. The van der Waals surface area contributed by atoms with Crippen molar-refractivity contribution in [1.29, 1.82) is 0 Å². The number of likely N-dealkylation sites (tertiary alicyclic amines) is 1. The minimum Gasteiger partial charge on any atom is -0.496 e. The summed E-state index contributed by atoms with van der Waals surface area (Å²) in [5, 5.41) is 14.8. The van der Waals surface area contributed by atoms with Crippen LogP contribution in [-0.4, -0.2) is 64.6 Å². The summed E-state index contributed by atoms with van der Waals surface area (Å²) < 4.78 is 6.58. The molecule has 0 radical (unpaired) electrons. The summed E-state index contributed by atoms with van der Waals surface area (Å²) in [6.45, 7) is 4.26. The third-order valence-corrected chi connectivity index (χ3v) is 6.61. The number of carboxylic acids is 2. The average Bonchev–Trinajstić information content (AvgIpc) is 2.84. The van der Waals surface area contributed by atoms with Gasteiger partial charge in [0, 0.05) is 36.2 Å². The first-order chi connectivity index (χ1) is 16.3. The number of carboxylic acid groups (broad SMARTS) is 2. The Morgan fingerprint density at radius 2 is 1.76 bits per heavy atom. The molecular formula is C25H29BrN2O6. The van der Waals surface area contributed by atoms with Gasteiger partial charge in [-0.05, 0) is 55.1 Å². The number of ether oxygens (including phenoxy) is 1. The first kappa shape index (κ1) is 25.7. The van der Waals surface area contributed by atoms with E-state index in [1.54, 1.807) is 7.11 Å². The first-order valence-corrected chi connectivity index (χ1v) is 11.9. The van der Waals surface area contributed by atoms with Crippen molar-refractivity contribution in [2.75, 3.05) is 26.7 Å². The normalized spacial score (nSPS) is 17.7. The van der Waals surface area contributed by atoms with Crippen LogP contribution in [0.2, 0.25) is 0 Å². The molecular weight excluding hydrogens is 504 g/mol. The second kappa shape index (κ2) is 12.0. The highest BCUT2D eigenvalue weighted by molar-refractivity contribution is 9.10. The number of fused-ring (bicyclic) bond motifs is 1. The molecule has 34 heavy (non-hydrogen) atoms. The zero-order valence-corrected chi connectivity index (χ0v) is 20.7. The zero-order valence-electron chi connectivity index (χ0n) is 19.1. The molecule has 1 amide bonds. The predicted molar refractivity (Wildman–Crippen MR) is 130 cm³/mol. The standard InChI is InChI=1S/C23H27BrN2O2.C2H2O4/c1-28-22-9-8-21(24)13-20(22)15-25-11-4-7-19(14-25)23(27)26-12-10-17-5-2-3-6-18(17)16-26;3-1(4)2(5)6/h2-3,5-6,8-9,13,19H,4,7,10-12,14-16H2,1H3;(H,3,4)(H,5,6). The van der Waals surface area contributed by atoms with Crippen molar-refractivity contribution >= 4 is 33.8 Å². The minimum atomic E-state index is -1.82. The lowest BCUT2D eigenvalue weighted by Gasteiger charge is -2.37. The van der Waals surface area contributed by atoms with Crippen LogP contribution in [-0.2, 0) is 33.9 Å². The van der Waals surface area contributed by atoms with Crippen LogP contribution in [0.25, 0.3) is 0 Å². The molecule has 1 unspecified atom stereocenters. The van der Waals surface area contributed by atoms with Gasteiger partial charge in [0.15, 0.2) is 0 Å². The van der Waals surface area contributed by atoms with Crippen LogP contribution in [0.3, 0.4) is 0 Å². The van der Waals surface area contributed by atoms with Gasteiger partial charge < -0.3 is 19.8 Å². The third-order valence-electron chi connectivity index (χ3n) is 6.12. The fourth-order valence-electron chi connectivity index (χ4n) is 4.45. The van der Waals surface area contributed by atoms with Gasteiger partial charge in [-0.25, -0.2) is 9.59 Å². The van der Waals surface area contributed by atoms with Crippen molar-refractivity contribution in [3.05, 3.63) is 63.6 Å². The Balaban J connectivity index is 0.000000481. The predicted octanol–water partition coefficient (Wildman–Crippen LogP) is 3.41. The van der Waals surface area contributed by atoms with Crippen molar-refractivity contribution in [3.63, 3.8) is 0 Å². The molecule has 0 saturated carbocycles. The molecule has 2 aliphatic rings. The van der Waals surface area contributed by atoms with E-state index in [2.05, 4.69) is 56.1 Å². The smallest absolute Gasteiger partial charge is 0.414 e. The van der Waals surface area contributed by atoms with Crippen molar-refractivity contribution in [1.82, 2.24) is 9.80 Å². The Bertz CT molecular complexity index is 1030. The van der Waals surface area contributed by atoms with E-state index in [1.807, 2.05) is 12.1 Å². The number of carbonyl (C=O) groups excluding carboxylic acids is 1. The molecule has 2 aromatic rings. The number of rotatable bonds is 4. The largest absolute Gasteiger partial charge is 0.496 e. The molecule has 0 spiro atoms. The summed E-state index contributed by atoms with van der Waals surface area (Å²) in [4.78, 5) is 35.9. The quantitative estimate of drug-likeness (QED) is 0.581. The van der Waals surface area contributed by atoms with Gasteiger partial charge in [-0.15, -0.1) is 0 Å². The number of benzene rings is 2. The van der Waals surface area contributed by atoms with Gasteiger partial charge in [-0.2, -0.15) is 0 Å². The van der Waals surface area contributed by atoms with Crippen LogP contribution in [0.4, 0.5) is 0 Å². The van der Waals surface area contributed by atoms with Crippen molar-refractivity contribution in [2.45, 2.75) is 32.4 Å². The second-order valence-electron chi connectivity index (χ2n) is 8.42. The van der Waals surface area contributed by atoms with Gasteiger partial charge in [-0.1, -0.05) is 40.2 Å². The average molecular weight is 533 g/mol. The van der Waals surface area contributed by atoms with E-state index < -0.39 is 11.9 Å². The lowest BCUT2D eigenvalue weighted by atomic mass is 9.93. The Kier molecular flexibility index (Phi) is 9.06. The van der Waals surface area contributed by atoms with Gasteiger partial charge in [0.25, 0.3) is 0 Å². The van der Waals surface area contributed by atoms with E-state index in [-0.39, 0.29) is 5.92 Å². The molecule has 9 heteroatoms. The maximum Gasteiger partial charge on any atom is 0.414 e. The lowest BCUT2D eigenvalue weighted by Crippen LogP contribution is -2.46. The monoisotopic (exact) mass is 532 g/mol. The number of aliphatic carboxylic acids is 2. The van der Waals surface area contributed by atoms with Crippen LogP contribution in [0.1, 0.15) is 29.5 Å². The van der Waals surface area contributed by atoms with E-state index >= 15 is 0 Å². The maximum atomic E-state index is 13.2. The molecule has 8 nitrogen and oxygen atoms in total. The molecule has 1 fully saturated rings. The van der Waals surface area contributed by atoms with Gasteiger partial charge in [-0.3, -0.25) is 9.69 Å². The van der Waals surface area contributed by atoms with E-state index in [0.717, 1.165) is 67.8 Å². The van der Waals surface area contributed by atoms with Gasteiger partial charge in [0.1, 0.15) is 5.75 Å². The molecule has 0 bridgehead atoms. The summed E-state index contributed by atoms with van der Waals surface area (Å²) in [5.41, 5.74) is 3.85. The number of nitrogens with zero attached hydrogens (tertiary/aromatic N) is 2. The molecule has 2 aromatic carbocycles. The van der Waals surface area contributed by atoms with Crippen molar-refractivity contribution in [3.8, 4) is 5.75 Å². The van der Waals surface area contributed by atoms with Crippen molar-refractivity contribution < 1.29 is 29.3 Å². The number of hydrogen-bond donors (Lipinski definition) is 2. The fourth-order valence-corrected chi connectivity index (χ4v) is 4.86. The fraction of sp³-hybridized carbons (Fsp3) is 0.400. The topological polar surface area (TPSA) is 107 Å². The molecule has 0 aromatic heterocycles. The molecule has 1 saturated heterocycles. The maximum absolute atomic E-state index is 13.2. The Morgan fingerprint density at radius 3 is 2.44 bits per heavy atom. The van der Waals surface area contributed by atoms with Gasteiger partial charge in [0.05, 0.1) is 13.0 Å². The van der Waals surface area contributed by atoms with Crippen LogP contribution in [0.15, 0.2) is 46.9 Å². The molecule has 182 valence electrons. The van der Waals surface area contributed by atoms with Crippen LogP contribution in [0, 0.1) is 5.92 Å². The Hall–Kier alpha value is -2.91. The van der Waals surface area contributed by atoms with Gasteiger partial charge >= 0.3 is 11.9 Å². The summed E-state index contributed by atoms with van der Waals surface area (Å²) >= 11 is 3.56. The summed E-state index contributed by atoms with van der Waals surface area (Å²) in [6.07, 6.45) is 3.02. The van der Waals surface area contributed by atoms with Crippen molar-refractivity contribution in [2.24, 2.45) is 5.92 Å². The number of carbonyl (C=O) groups is 3. The van der Waals surface area contributed by atoms with Gasteiger partial charge in [0.2, 0.25) is 5.91 Å². The number of amides is 1. The SMILES string of the molecule is COc1ccc(Br)cc1CN1CCCC(C(=O)N2CCc3ccccc3C2)C1.O=C(O)C(=O)O. The Labute approximate surface area is 207 Å². The van der Waals surface area contributed by atoms with E-state index in [9.17, 15) is 4.79 Å². The van der Waals surface area contributed by atoms with E-state index in [4.69, 9.17) is 24.5 Å². The number of hydrogen-bond acceptors (Lipinski definition) is 5.